The van der Waals surface area contributed by atoms with Gasteiger partial charge in [0, 0.05) is 20.6 Å². The maximum absolute atomic E-state index is 9.05. The average Bonchev–Trinajstić information content (AvgIpc) is 2.00. The van der Waals surface area contributed by atoms with Crippen LogP contribution >= 0.6 is 8.37 Å². The normalized spacial score (nSPS) is 15.1. The molecule has 4 heteroatoms. The molecule has 0 aliphatic rings. The molecule has 0 saturated heterocycles. The van der Waals surface area contributed by atoms with Crippen LogP contribution in [0.5, 0.6) is 0 Å². The van der Waals surface area contributed by atoms with Crippen LogP contribution in [0.4, 0.5) is 0 Å². The van der Waals surface area contributed by atoms with Crippen molar-refractivity contribution in [3.05, 3.63) is 12.3 Å². The number of nitrogens with one attached hydrogen (secondary N) is 1. The van der Waals surface area contributed by atoms with Gasteiger partial charge in [-0.15, -0.1) is 0 Å². The van der Waals surface area contributed by atoms with Gasteiger partial charge in [0.25, 0.3) is 0 Å². The average molecular weight is 216 g/mol. The zero-order valence-corrected chi connectivity index (χ0v) is 10.2. The summed E-state index contributed by atoms with van der Waals surface area (Å²) in [5, 5.41) is 12.5. The number of hydrogen-bond donors (Lipinski definition) is 2. The Kier molecular flexibility index (Phi) is 5.81. The Morgan fingerprint density at radius 2 is 2.36 bits per heavy atom. The first kappa shape index (κ1) is 11.7. The van der Waals surface area contributed by atoms with Crippen molar-refractivity contribution in [1.29, 1.82) is 5.15 Å². The molecule has 0 amide bonds. The molecule has 0 unspecified atom stereocenters. The van der Waals surface area contributed by atoms with Gasteiger partial charge >= 0.3 is 0 Å². The second-order valence-electron chi connectivity index (χ2n) is 4.16. The van der Waals surface area contributed by atoms with Crippen molar-refractivity contribution in [1.82, 2.24) is 4.90 Å². The molecule has 0 aromatic heterocycles. The molecule has 1 atom stereocenters. The van der Waals surface area contributed by atoms with Gasteiger partial charge in [0.2, 0.25) is 0 Å². The highest BCUT2D eigenvalue weighted by Crippen LogP contribution is 2.18. The Morgan fingerprint density at radius 3 is 2.79 bits per heavy atom. The Labute approximate surface area is 90.0 Å². The number of aliphatic hydroxyl groups excluding tert-OH is 1. The van der Waals surface area contributed by atoms with Crippen molar-refractivity contribution < 1.29 is 6.52 Å². The summed E-state index contributed by atoms with van der Waals surface area (Å²) in [5.74, 6) is 0.787. The SMILES string of the molecule is [1H]N=P[C@@H](CC(C)C)CN(C)CC(=C)O. The van der Waals surface area contributed by atoms with Crippen molar-refractivity contribution >= 4 is 8.37 Å². The summed E-state index contributed by atoms with van der Waals surface area (Å²) in [6.45, 7) is 9.11. The van der Waals surface area contributed by atoms with E-state index in [0.29, 0.717) is 18.1 Å². The van der Waals surface area contributed by atoms with E-state index in [2.05, 4.69) is 25.6 Å². The molecule has 0 aliphatic heterocycles. The van der Waals surface area contributed by atoms with E-state index in [4.69, 9.17) is 6.52 Å². The maximum atomic E-state index is 9.05. The van der Waals surface area contributed by atoms with Crippen molar-refractivity contribution in [3.8, 4) is 0 Å². The van der Waals surface area contributed by atoms with Crippen molar-refractivity contribution in [2.24, 2.45) is 5.92 Å². The van der Waals surface area contributed by atoms with Crippen LogP contribution in [0.15, 0.2) is 12.3 Å². The highest BCUT2D eigenvalue weighted by Gasteiger charge is 2.11. The van der Waals surface area contributed by atoms with Crippen LogP contribution in [0.25, 0.3) is 0 Å². The summed E-state index contributed by atoms with van der Waals surface area (Å²) in [6.07, 6.45) is 1.05. The summed E-state index contributed by atoms with van der Waals surface area (Å²) >= 11 is 0. The lowest BCUT2D eigenvalue weighted by molar-refractivity contribution is 0.285. The Bertz CT molecular complexity index is 221. The predicted molar refractivity (Wildman–Crippen MR) is 62.1 cm³/mol. The van der Waals surface area contributed by atoms with Gasteiger partial charge in [0.1, 0.15) is 0 Å². The molecule has 0 rings (SSSR count). The molecule has 14 heavy (non-hydrogen) atoms. The zero-order valence-electron chi connectivity index (χ0n) is 10.3. The van der Waals surface area contributed by atoms with Gasteiger partial charge in [-0.1, -0.05) is 20.4 Å². The summed E-state index contributed by atoms with van der Waals surface area (Å²) in [7, 11) is 2.75. The molecule has 0 aliphatic carbocycles. The third-order valence-corrected chi connectivity index (χ3v) is 2.58. The van der Waals surface area contributed by atoms with E-state index in [1.165, 1.54) is 0 Å². The number of likely N-dealkylation sites (N-methyl/N-ethyl adjacent to an activating group) is 1. The fourth-order valence-electron chi connectivity index (χ4n) is 1.44. The van der Waals surface area contributed by atoms with E-state index in [1.807, 2.05) is 11.9 Å². The molecule has 82 valence electrons. The van der Waals surface area contributed by atoms with Gasteiger partial charge in [0.05, 0.1) is 12.3 Å². The fraction of sp³-hybridized carbons (Fsp3) is 0.800. The van der Waals surface area contributed by atoms with Crippen molar-refractivity contribution in [2.75, 3.05) is 20.1 Å². The molecule has 0 saturated carbocycles. The van der Waals surface area contributed by atoms with E-state index in [0.717, 1.165) is 21.3 Å². The van der Waals surface area contributed by atoms with Gasteiger partial charge in [-0.25, -0.2) is 0 Å². The first-order valence-corrected chi connectivity index (χ1v) is 5.76. The topological polar surface area (TPSA) is 47.3 Å². The second kappa shape index (κ2) is 6.97. The number of hydrogen-bond acceptors (Lipinski definition) is 3. The molecule has 0 spiro atoms. The Balaban J connectivity index is 4.09. The number of rotatable bonds is 7. The maximum Gasteiger partial charge on any atom is 0.192 e. The quantitative estimate of drug-likeness (QED) is 0.507. The van der Waals surface area contributed by atoms with Gasteiger partial charge in [-0.3, -0.25) is 10.1 Å². The predicted octanol–water partition coefficient (Wildman–Crippen LogP) is 3.11. The van der Waals surface area contributed by atoms with E-state index < -0.39 is 0 Å². The second-order valence-corrected chi connectivity index (χ2v) is 5.12. The van der Waals surface area contributed by atoms with E-state index in [9.17, 15) is 0 Å². The summed E-state index contributed by atoms with van der Waals surface area (Å²) in [5.41, 5.74) is 0.367. The van der Waals surface area contributed by atoms with E-state index >= 15 is 0 Å². The lowest BCUT2D eigenvalue weighted by Crippen LogP contribution is -2.28. The molecule has 0 heterocycles. The van der Waals surface area contributed by atoms with Gasteiger partial charge in [0.15, 0.2) is 1.41 Å². The molecule has 2 N–H and O–H groups in total. The Morgan fingerprint density at radius 1 is 1.71 bits per heavy atom. The molecule has 0 aromatic carbocycles. The smallest absolute Gasteiger partial charge is 0.192 e. The number of aliphatic hydroxyl groups is 1. The minimum atomic E-state index is 0.181. The highest BCUT2D eigenvalue weighted by atomic mass is 31.1. The zero-order chi connectivity index (χ0) is 11.8. The first-order chi connectivity index (χ1) is 6.95. The lowest BCUT2D eigenvalue weighted by atomic mass is 10.1. The Hall–Kier alpha value is -0.400. The van der Waals surface area contributed by atoms with E-state index in [1.54, 1.807) is 0 Å². The van der Waals surface area contributed by atoms with Crippen LogP contribution in [0.3, 0.4) is 0 Å². The summed E-state index contributed by atoms with van der Waals surface area (Å²) in [6, 6.07) is 0. The molecule has 3 nitrogen and oxygen atoms in total. The molecule has 0 aromatic rings. The van der Waals surface area contributed by atoms with Crippen LogP contribution in [-0.2, 0) is 0 Å². The molecular formula is C10H21N2OP. The fourth-order valence-corrected chi connectivity index (χ4v) is 2.31. The summed E-state index contributed by atoms with van der Waals surface area (Å²) in [4.78, 5) is 2.01. The van der Waals surface area contributed by atoms with Gasteiger partial charge in [-0.2, -0.15) is 0 Å². The van der Waals surface area contributed by atoms with Gasteiger partial charge < -0.3 is 5.11 Å². The van der Waals surface area contributed by atoms with Crippen LogP contribution in [0.2, 0.25) is 1.41 Å². The van der Waals surface area contributed by atoms with Crippen LogP contribution in [0, 0.1) is 11.1 Å². The monoisotopic (exact) mass is 216 g/mol. The minimum Gasteiger partial charge on any atom is -0.512 e. The minimum absolute atomic E-state index is 0.181. The third-order valence-electron chi connectivity index (χ3n) is 1.88. The molecule has 0 fully saturated rings. The van der Waals surface area contributed by atoms with Crippen LogP contribution < -0.4 is 0 Å². The van der Waals surface area contributed by atoms with Crippen molar-refractivity contribution in [3.63, 3.8) is 0 Å². The lowest BCUT2D eigenvalue weighted by Gasteiger charge is -2.21. The highest BCUT2D eigenvalue weighted by molar-refractivity contribution is 7.26. The largest absolute Gasteiger partial charge is 0.512 e. The number of nitrogens with zero attached hydrogens (tertiary/aromatic N) is 1. The van der Waals surface area contributed by atoms with Crippen molar-refractivity contribution in [2.45, 2.75) is 25.9 Å². The standard InChI is InChI=1S/C10H21N2OP/c1-8(2)5-10(14-11)7-12(4)6-9(3)13/h8,10-11,13H,3,5-7H2,1-2,4H3/t10-/m0/s1/i/hH. The molecular weight excluding hydrogens is 195 g/mol. The van der Waals surface area contributed by atoms with Crippen LogP contribution in [0.1, 0.15) is 20.3 Å². The summed E-state index contributed by atoms with van der Waals surface area (Å²) < 4.78 is 6.89. The first-order valence-electron chi connectivity index (χ1n) is 5.30. The van der Waals surface area contributed by atoms with Gasteiger partial charge in [-0.05, 0) is 19.4 Å². The third kappa shape index (κ3) is 7.05. The van der Waals surface area contributed by atoms with E-state index in [-0.39, 0.29) is 5.76 Å². The molecule has 0 radical (unpaired) electrons. The van der Waals surface area contributed by atoms with Crippen LogP contribution in [-0.4, -0.2) is 35.8 Å². The molecule has 0 bridgehead atoms.